The van der Waals surface area contributed by atoms with E-state index in [1.54, 1.807) is 17.8 Å². The number of carbonyl (C=O) groups excluding carboxylic acids is 1. The van der Waals surface area contributed by atoms with Gasteiger partial charge in [0, 0.05) is 38.0 Å². The van der Waals surface area contributed by atoms with Crippen molar-refractivity contribution in [3.05, 3.63) is 78.1 Å². The van der Waals surface area contributed by atoms with E-state index in [0.717, 1.165) is 13.0 Å². The lowest BCUT2D eigenvalue weighted by molar-refractivity contribution is -0.192. The first-order chi connectivity index (χ1) is 23.4. The van der Waals surface area contributed by atoms with Crippen LogP contribution >= 0.6 is 0 Å². The molecule has 1 aliphatic heterocycles. The van der Waals surface area contributed by atoms with Crippen LogP contribution in [0, 0.1) is 0 Å². The van der Waals surface area contributed by atoms with E-state index in [9.17, 15) is 28.2 Å². The molecule has 1 saturated heterocycles. The molecule has 5 atom stereocenters. The second-order valence-corrected chi connectivity index (χ2v) is 12.1. The Kier molecular flexibility index (Phi) is 11.0. The zero-order chi connectivity index (χ0) is 35.3. The molecule has 2 fully saturated rings. The van der Waals surface area contributed by atoms with E-state index in [1.165, 1.54) is 11.1 Å². The maximum absolute atomic E-state index is 12.1. The van der Waals surface area contributed by atoms with Crippen molar-refractivity contribution < 1.29 is 38.1 Å². The molecule has 2 aromatic heterocycles. The zero-order valence-corrected chi connectivity index (χ0v) is 26.7. The number of rotatable bonds is 9. The number of imidazole rings is 1. The Morgan fingerprint density at radius 2 is 1.63 bits per heavy atom. The van der Waals surface area contributed by atoms with Crippen molar-refractivity contribution in [2.45, 2.75) is 68.6 Å². The Hall–Kier alpha value is -4.80. The molecular formula is C33H39F3N8O5. The molecule has 2 aromatic carbocycles. The second-order valence-electron chi connectivity index (χ2n) is 12.1. The highest BCUT2D eigenvalue weighted by Gasteiger charge is 2.44. The number of amides is 1. The standard InChI is InChI=1S/C31H38N8O3.C2HF3O2/c1-2-25(40)35-23-15-24(28(42)27(23)41)39-18-34-26-29(36-31(37-30(26)39)38-14-13-21(32)17-38)33-16-22(19-9-5-3-6-10-19)20-11-7-4-8-12-20;3-2(4,5)1(6)7/h3-12,18,21-24,27-28,41-42H,2,13-17,32H2,1H3,(H,35,40)(H,33,36,37);(H,6,7)/t21-,23+,24-,27-,28+;/m1./s1. The average molecular weight is 685 g/mol. The predicted molar refractivity (Wildman–Crippen MR) is 175 cm³/mol. The largest absolute Gasteiger partial charge is 0.490 e. The number of nitrogens with zero attached hydrogens (tertiary/aromatic N) is 5. The third kappa shape index (κ3) is 8.26. The maximum atomic E-state index is 12.1. The maximum Gasteiger partial charge on any atom is 0.490 e. The molecule has 1 saturated carbocycles. The minimum absolute atomic E-state index is 0.0425. The number of anilines is 2. The summed E-state index contributed by atoms with van der Waals surface area (Å²) in [5.74, 6) is -1.73. The Morgan fingerprint density at radius 1 is 1.02 bits per heavy atom. The number of aliphatic carboxylic acids is 1. The van der Waals surface area contributed by atoms with Gasteiger partial charge < -0.3 is 41.2 Å². The molecule has 13 nitrogen and oxygen atoms in total. The summed E-state index contributed by atoms with van der Waals surface area (Å²) in [5.41, 5.74) is 9.71. The Morgan fingerprint density at radius 3 is 2.16 bits per heavy atom. The van der Waals surface area contributed by atoms with Crippen LogP contribution in [-0.4, -0.2) is 96.8 Å². The number of alkyl halides is 3. The second kappa shape index (κ2) is 15.2. The van der Waals surface area contributed by atoms with E-state index in [1.807, 2.05) is 36.4 Å². The van der Waals surface area contributed by atoms with Crippen molar-refractivity contribution in [1.82, 2.24) is 24.8 Å². The third-order valence-electron chi connectivity index (χ3n) is 8.71. The normalized spacial score (nSPS) is 22.2. The summed E-state index contributed by atoms with van der Waals surface area (Å²) in [5, 5.41) is 35.3. The number of carboxylic acid groups (broad SMARTS) is 1. The number of carbonyl (C=O) groups is 2. The fourth-order valence-electron chi connectivity index (χ4n) is 6.11. The fourth-order valence-corrected chi connectivity index (χ4v) is 6.11. The van der Waals surface area contributed by atoms with Crippen LogP contribution in [-0.2, 0) is 9.59 Å². The lowest BCUT2D eigenvalue weighted by atomic mass is 9.91. The fraction of sp³-hybridized carbons (Fsp3) is 0.424. The van der Waals surface area contributed by atoms with Crippen LogP contribution in [0.4, 0.5) is 24.9 Å². The number of carboxylic acids is 1. The van der Waals surface area contributed by atoms with Gasteiger partial charge in [-0.2, -0.15) is 23.1 Å². The molecule has 0 radical (unpaired) electrons. The van der Waals surface area contributed by atoms with Crippen LogP contribution < -0.4 is 21.3 Å². The summed E-state index contributed by atoms with van der Waals surface area (Å²) in [6, 6.07) is 19.7. The van der Waals surface area contributed by atoms with Crippen molar-refractivity contribution in [2.24, 2.45) is 5.73 Å². The van der Waals surface area contributed by atoms with Crippen molar-refractivity contribution in [1.29, 1.82) is 0 Å². The van der Waals surface area contributed by atoms with Gasteiger partial charge in [0.05, 0.1) is 18.4 Å². The topological polar surface area (TPSA) is 192 Å². The van der Waals surface area contributed by atoms with Gasteiger partial charge >= 0.3 is 12.1 Å². The molecule has 16 heteroatoms. The smallest absolute Gasteiger partial charge is 0.475 e. The summed E-state index contributed by atoms with van der Waals surface area (Å²) in [6.45, 7) is 3.71. The van der Waals surface area contributed by atoms with Crippen LogP contribution in [0.5, 0.6) is 0 Å². The lowest BCUT2D eigenvalue weighted by Gasteiger charge is -2.22. The first-order valence-corrected chi connectivity index (χ1v) is 15.9. The summed E-state index contributed by atoms with van der Waals surface area (Å²) in [4.78, 5) is 37.5. The minimum atomic E-state index is -5.08. The van der Waals surface area contributed by atoms with Gasteiger partial charge in [-0.1, -0.05) is 67.6 Å². The molecule has 3 heterocycles. The number of halogens is 3. The molecule has 0 unspecified atom stereocenters. The number of hydrogen-bond acceptors (Lipinski definition) is 10. The number of benzene rings is 2. The van der Waals surface area contributed by atoms with Gasteiger partial charge in [-0.3, -0.25) is 4.79 Å². The molecule has 262 valence electrons. The van der Waals surface area contributed by atoms with Crippen LogP contribution in [0.3, 0.4) is 0 Å². The van der Waals surface area contributed by atoms with E-state index >= 15 is 0 Å². The Labute approximate surface area is 280 Å². The first kappa shape index (κ1) is 35.5. The molecule has 0 spiro atoms. The average Bonchev–Trinajstić information content (AvgIpc) is 3.79. The van der Waals surface area contributed by atoms with E-state index in [-0.39, 0.29) is 17.9 Å². The van der Waals surface area contributed by atoms with Gasteiger partial charge in [0.1, 0.15) is 12.2 Å². The van der Waals surface area contributed by atoms with Gasteiger partial charge in [-0.05, 0) is 24.0 Å². The third-order valence-corrected chi connectivity index (χ3v) is 8.71. The van der Waals surface area contributed by atoms with Gasteiger partial charge in [0.25, 0.3) is 0 Å². The summed E-state index contributed by atoms with van der Waals surface area (Å²) in [7, 11) is 0. The number of fused-ring (bicyclic) bond motifs is 1. The van der Waals surface area contributed by atoms with E-state index in [2.05, 4.69) is 44.8 Å². The first-order valence-electron chi connectivity index (χ1n) is 15.9. The van der Waals surface area contributed by atoms with Gasteiger partial charge in [0.15, 0.2) is 17.0 Å². The van der Waals surface area contributed by atoms with Crippen molar-refractivity contribution >= 4 is 34.8 Å². The zero-order valence-electron chi connectivity index (χ0n) is 26.7. The van der Waals surface area contributed by atoms with E-state index in [4.69, 9.17) is 25.6 Å². The van der Waals surface area contributed by atoms with Crippen LogP contribution in [0.2, 0.25) is 0 Å². The van der Waals surface area contributed by atoms with Crippen molar-refractivity contribution in [3.63, 3.8) is 0 Å². The van der Waals surface area contributed by atoms with Crippen LogP contribution in [0.1, 0.15) is 49.3 Å². The Balaban J connectivity index is 0.000000606. The quantitative estimate of drug-likeness (QED) is 0.152. The van der Waals surface area contributed by atoms with Gasteiger partial charge in [-0.25, -0.2) is 9.78 Å². The number of aromatic nitrogens is 4. The predicted octanol–water partition coefficient (Wildman–Crippen LogP) is 2.80. The number of aliphatic hydroxyl groups excluding tert-OH is 2. The minimum Gasteiger partial charge on any atom is -0.475 e. The van der Waals surface area contributed by atoms with Crippen molar-refractivity contribution in [3.8, 4) is 0 Å². The van der Waals surface area contributed by atoms with E-state index in [0.29, 0.717) is 48.9 Å². The highest BCUT2D eigenvalue weighted by atomic mass is 19.4. The monoisotopic (exact) mass is 684 g/mol. The van der Waals surface area contributed by atoms with E-state index < -0.39 is 36.4 Å². The van der Waals surface area contributed by atoms with Crippen molar-refractivity contribution in [2.75, 3.05) is 29.9 Å². The summed E-state index contributed by atoms with van der Waals surface area (Å²) < 4.78 is 33.5. The molecule has 2 aliphatic rings. The highest BCUT2D eigenvalue weighted by Crippen LogP contribution is 2.35. The number of aliphatic hydroxyl groups is 2. The highest BCUT2D eigenvalue weighted by molar-refractivity contribution is 5.84. The molecule has 1 amide bonds. The SMILES string of the molecule is CCC(=O)N[C@H]1C[C@@H](n2cnc3c(NCC(c4ccccc4)c4ccccc4)nc(N4CC[C@@H](N)C4)nc32)[C@H](O)[C@@H]1O.O=C(O)C(F)(F)F. The van der Waals surface area contributed by atoms with Gasteiger partial charge in [-0.15, -0.1) is 0 Å². The number of hydrogen-bond donors (Lipinski definition) is 6. The molecule has 6 rings (SSSR count). The molecular weight excluding hydrogens is 645 g/mol. The summed E-state index contributed by atoms with van der Waals surface area (Å²) in [6.07, 6.45) is -4.15. The van der Waals surface area contributed by atoms with Crippen LogP contribution in [0.25, 0.3) is 11.2 Å². The number of nitrogens with one attached hydrogen (secondary N) is 2. The molecule has 0 bridgehead atoms. The van der Waals surface area contributed by atoms with Crippen LogP contribution in [0.15, 0.2) is 67.0 Å². The summed E-state index contributed by atoms with van der Waals surface area (Å²) >= 11 is 0. The number of nitrogens with two attached hydrogens (primary N) is 1. The van der Waals surface area contributed by atoms with Gasteiger partial charge in [0.2, 0.25) is 11.9 Å². The Bertz CT molecular complexity index is 1690. The molecule has 49 heavy (non-hydrogen) atoms. The molecule has 7 N–H and O–H groups in total. The molecule has 4 aromatic rings. The lowest BCUT2D eigenvalue weighted by Crippen LogP contribution is -2.42. The molecule has 1 aliphatic carbocycles.